The van der Waals surface area contributed by atoms with E-state index in [0.717, 1.165) is 32.1 Å². The molecule has 0 aromatic carbocycles. The Morgan fingerprint density at radius 1 is 1.14 bits per heavy atom. The second-order valence-electron chi connectivity index (χ2n) is 7.84. The average molecular weight is 295 g/mol. The minimum atomic E-state index is -0.723. The number of nitrogens with two attached hydrogens (primary N) is 1. The largest absolute Gasteiger partial charge is 0.461 e. The summed E-state index contributed by atoms with van der Waals surface area (Å²) in [6.45, 7) is 6.75. The van der Waals surface area contributed by atoms with Crippen molar-refractivity contribution in [1.82, 2.24) is 0 Å². The first kappa shape index (κ1) is 16.8. The standard InChI is InChI=1S/C18H33NO2/c1-13(2)15-9-8-14(3)12-16(15)21-17(20)18(19)10-6-4-5-7-11-18/h13-16H,4-12,19H2,1-3H3. The van der Waals surface area contributed by atoms with Crippen LogP contribution in [0.3, 0.4) is 0 Å². The van der Waals surface area contributed by atoms with Crippen LogP contribution in [0.25, 0.3) is 0 Å². The van der Waals surface area contributed by atoms with E-state index >= 15 is 0 Å². The van der Waals surface area contributed by atoms with Gasteiger partial charge in [-0.1, -0.05) is 52.9 Å². The van der Waals surface area contributed by atoms with Crippen LogP contribution in [0.2, 0.25) is 0 Å². The molecule has 0 aromatic rings. The Morgan fingerprint density at radius 3 is 2.33 bits per heavy atom. The Hall–Kier alpha value is -0.570. The fourth-order valence-corrected chi connectivity index (χ4v) is 4.07. The van der Waals surface area contributed by atoms with Gasteiger partial charge in [0.05, 0.1) is 0 Å². The summed E-state index contributed by atoms with van der Waals surface area (Å²) in [5, 5.41) is 0. The van der Waals surface area contributed by atoms with Crippen molar-refractivity contribution in [2.24, 2.45) is 23.5 Å². The van der Waals surface area contributed by atoms with E-state index in [-0.39, 0.29) is 12.1 Å². The number of carbonyl (C=O) groups excluding carboxylic acids is 1. The minimum Gasteiger partial charge on any atom is -0.461 e. The van der Waals surface area contributed by atoms with E-state index in [4.69, 9.17) is 10.5 Å². The molecule has 122 valence electrons. The first-order valence-electron chi connectivity index (χ1n) is 8.92. The average Bonchev–Trinajstić information content (AvgIpc) is 2.64. The summed E-state index contributed by atoms with van der Waals surface area (Å²) >= 11 is 0. The third-order valence-electron chi connectivity index (χ3n) is 5.62. The topological polar surface area (TPSA) is 52.3 Å². The highest BCUT2D eigenvalue weighted by Gasteiger charge is 2.40. The lowest BCUT2D eigenvalue weighted by Crippen LogP contribution is -2.51. The van der Waals surface area contributed by atoms with Crippen molar-refractivity contribution in [2.45, 2.75) is 90.2 Å². The first-order chi connectivity index (χ1) is 9.92. The van der Waals surface area contributed by atoms with Gasteiger partial charge in [0.15, 0.2) is 0 Å². The Labute approximate surface area is 130 Å². The van der Waals surface area contributed by atoms with Crippen LogP contribution in [0.5, 0.6) is 0 Å². The predicted molar refractivity (Wildman–Crippen MR) is 85.8 cm³/mol. The van der Waals surface area contributed by atoms with Crippen molar-refractivity contribution in [2.75, 3.05) is 0 Å². The van der Waals surface area contributed by atoms with Crippen LogP contribution in [0, 0.1) is 17.8 Å². The van der Waals surface area contributed by atoms with E-state index in [9.17, 15) is 4.79 Å². The summed E-state index contributed by atoms with van der Waals surface area (Å²) < 4.78 is 5.97. The number of carbonyl (C=O) groups is 1. The summed E-state index contributed by atoms with van der Waals surface area (Å²) in [6, 6.07) is 0. The molecule has 3 heteroatoms. The third kappa shape index (κ3) is 4.21. The highest BCUT2D eigenvalue weighted by atomic mass is 16.5. The van der Waals surface area contributed by atoms with E-state index in [1.165, 1.54) is 25.7 Å². The van der Waals surface area contributed by atoms with Crippen molar-refractivity contribution in [3.05, 3.63) is 0 Å². The van der Waals surface area contributed by atoms with E-state index in [1.54, 1.807) is 0 Å². The van der Waals surface area contributed by atoms with Crippen molar-refractivity contribution >= 4 is 5.97 Å². The van der Waals surface area contributed by atoms with Gasteiger partial charge < -0.3 is 10.5 Å². The number of rotatable bonds is 3. The summed E-state index contributed by atoms with van der Waals surface area (Å²) in [6.07, 6.45) is 9.60. The number of hydrogen-bond acceptors (Lipinski definition) is 3. The van der Waals surface area contributed by atoms with Gasteiger partial charge in [0, 0.05) is 0 Å². The molecule has 0 spiro atoms. The van der Waals surface area contributed by atoms with Gasteiger partial charge >= 0.3 is 5.97 Å². The van der Waals surface area contributed by atoms with Crippen LogP contribution < -0.4 is 5.73 Å². The predicted octanol–water partition coefficient (Wildman–Crippen LogP) is 4.04. The maximum absolute atomic E-state index is 12.7. The van der Waals surface area contributed by atoms with Gasteiger partial charge in [0.2, 0.25) is 0 Å². The molecule has 0 amide bonds. The fraction of sp³-hybridized carbons (Fsp3) is 0.944. The SMILES string of the molecule is CC1CCC(C(C)C)C(OC(=O)C2(N)CCCCCC2)C1. The second kappa shape index (κ2) is 7.13. The Morgan fingerprint density at radius 2 is 1.76 bits per heavy atom. The molecule has 0 aliphatic heterocycles. The van der Waals surface area contributed by atoms with Crippen LogP contribution in [-0.4, -0.2) is 17.6 Å². The van der Waals surface area contributed by atoms with Gasteiger partial charge in [-0.25, -0.2) is 0 Å². The molecule has 2 saturated carbocycles. The zero-order valence-electron chi connectivity index (χ0n) is 14.1. The van der Waals surface area contributed by atoms with E-state index in [1.807, 2.05) is 0 Å². The highest BCUT2D eigenvalue weighted by molar-refractivity contribution is 5.80. The van der Waals surface area contributed by atoms with Gasteiger partial charge in [0.1, 0.15) is 11.6 Å². The molecule has 2 rings (SSSR count). The van der Waals surface area contributed by atoms with E-state index in [2.05, 4.69) is 20.8 Å². The highest BCUT2D eigenvalue weighted by Crippen LogP contribution is 2.36. The summed E-state index contributed by atoms with van der Waals surface area (Å²) in [7, 11) is 0. The quantitative estimate of drug-likeness (QED) is 0.631. The van der Waals surface area contributed by atoms with Crippen molar-refractivity contribution < 1.29 is 9.53 Å². The number of hydrogen-bond donors (Lipinski definition) is 1. The zero-order chi connectivity index (χ0) is 15.5. The monoisotopic (exact) mass is 295 g/mol. The lowest BCUT2D eigenvalue weighted by molar-refractivity contribution is -0.163. The van der Waals surface area contributed by atoms with Crippen LogP contribution in [0.15, 0.2) is 0 Å². The molecule has 2 N–H and O–H groups in total. The maximum atomic E-state index is 12.7. The molecule has 21 heavy (non-hydrogen) atoms. The lowest BCUT2D eigenvalue weighted by Gasteiger charge is -2.38. The van der Waals surface area contributed by atoms with E-state index < -0.39 is 5.54 Å². The van der Waals surface area contributed by atoms with Crippen LogP contribution >= 0.6 is 0 Å². The van der Waals surface area contributed by atoms with Crippen molar-refractivity contribution in [1.29, 1.82) is 0 Å². The number of ether oxygens (including phenoxy) is 1. The van der Waals surface area contributed by atoms with Crippen LogP contribution in [-0.2, 0) is 9.53 Å². The van der Waals surface area contributed by atoms with Crippen LogP contribution in [0.1, 0.15) is 78.6 Å². The molecule has 0 saturated heterocycles. The molecular weight excluding hydrogens is 262 g/mol. The summed E-state index contributed by atoms with van der Waals surface area (Å²) in [5.74, 6) is 1.59. The molecule has 0 aromatic heterocycles. The molecule has 2 fully saturated rings. The van der Waals surface area contributed by atoms with Gasteiger partial charge in [-0.05, 0) is 43.4 Å². The molecule has 0 radical (unpaired) electrons. The van der Waals surface area contributed by atoms with Gasteiger partial charge in [-0.2, -0.15) is 0 Å². The minimum absolute atomic E-state index is 0.0740. The summed E-state index contributed by atoms with van der Waals surface area (Å²) in [4.78, 5) is 12.7. The molecular formula is C18H33NO2. The molecule has 2 aliphatic rings. The molecule has 3 nitrogen and oxygen atoms in total. The summed E-state index contributed by atoms with van der Waals surface area (Å²) in [5.41, 5.74) is 5.68. The smallest absolute Gasteiger partial charge is 0.326 e. The molecule has 0 bridgehead atoms. The lowest BCUT2D eigenvalue weighted by atomic mass is 9.75. The van der Waals surface area contributed by atoms with Crippen molar-refractivity contribution in [3.63, 3.8) is 0 Å². The number of esters is 1. The second-order valence-corrected chi connectivity index (χ2v) is 7.84. The van der Waals surface area contributed by atoms with Crippen molar-refractivity contribution in [3.8, 4) is 0 Å². The van der Waals surface area contributed by atoms with Gasteiger partial charge in [-0.3, -0.25) is 4.79 Å². The van der Waals surface area contributed by atoms with Gasteiger partial charge in [0.25, 0.3) is 0 Å². The Kier molecular flexibility index (Phi) is 5.70. The first-order valence-corrected chi connectivity index (χ1v) is 8.92. The molecule has 3 unspecified atom stereocenters. The Balaban J connectivity index is 2.01. The maximum Gasteiger partial charge on any atom is 0.326 e. The molecule has 2 aliphatic carbocycles. The van der Waals surface area contributed by atoms with Gasteiger partial charge in [-0.15, -0.1) is 0 Å². The normalized spacial score (nSPS) is 33.5. The fourth-order valence-electron chi connectivity index (χ4n) is 4.07. The third-order valence-corrected chi connectivity index (χ3v) is 5.62. The van der Waals surface area contributed by atoms with E-state index in [0.29, 0.717) is 17.8 Å². The molecule has 0 heterocycles. The van der Waals surface area contributed by atoms with Crippen LogP contribution in [0.4, 0.5) is 0 Å². The Bertz CT molecular complexity index is 345. The molecule has 3 atom stereocenters. The zero-order valence-corrected chi connectivity index (χ0v) is 14.1.